The van der Waals surface area contributed by atoms with E-state index in [4.69, 9.17) is 10.5 Å². The topological polar surface area (TPSA) is 159 Å². The molecule has 0 saturated carbocycles. The van der Waals surface area contributed by atoms with Gasteiger partial charge in [0.1, 0.15) is 5.82 Å². The fraction of sp³-hybridized carbons (Fsp3) is 0.513. The molecule has 0 spiro atoms. The summed E-state index contributed by atoms with van der Waals surface area (Å²) in [6, 6.07) is 9.19. The molecular formula is C39H53N3O6. The number of rotatable bonds is 20. The van der Waals surface area contributed by atoms with Crippen LogP contribution in [0.2, 0.25) is 0 Å². The highest BCUT2D eigenvalue weighted by Gasteiger charge is 2.44. The summed E-state index contributed by atoms with van der Waals surface area (Å²) in [6.45, 7) is 4.07. The maximum absolute atomic E-state index is 13.2. The summed E-state index contributed by atoms with van der Waals surface area (Å²) in [5.74, 6) is -0.817. The molecule has 0 radical (unpaired) electrons. The molecule has 1 aliphatic carbocycles. The van der Waals surface area contributed by atoms with Crippen LogP contribution in [0.4, 0.5) is 5.82 Å². The number of ether oxygens (including phenoxy) is 1. The molecule has 3 aromatic rings. The van der Waals surface area contributed by atoms with E-state index in [1.807, 2.05) is 42.6 Å². The van der Waals surface area contributed by atoms with Crippen molar-refractivity contribution >= 4 is 23.5 Å². The van der Waals surface area contributed by atoms with E-state index in [0.29, 0.717) is 28.9 Å². The molecule has 4 rings (SSSR count). The molecular weight excluding hydrogens is 606 g/mol. The van der Waals surface area contributed by atoms with Gasteiger partial charge in [0.05, 0.1) is 13.7 Å². The van der Waals surface area contributed by atoms with E-state index in [-0.39, 0.29) is 43.3 Å². The number of methoxy groups -OCH3 is 1. The number of phenols is 1. The Morgan fingerprint density at radius 1 is 1.06 bits per heavy atom. The minimum absolute atomic E-state index is 0.0533. The number of aromatic hydroxyl groups is 1. The summed E-state index contributed by atoms with van der Waals surface area (Å²) >= 11 is 0. The molecule has 6 N–H and O–H groups in total. The number of anilines is 1. The molecule has 3 unspecified atom stereocenters. The number of H-pyrrole nitrogens is 1. The molecule has 0 fully saturated rings. The summed E-state index contributed by atoms with van der Waals surface area (Å²) in [5, 5.41) is 33.3. The first-order chi connectivity index (χ1) is 23.2. The van der Waals surface area contributed by atoms with E-state index in [2.05, 4.69) is 23.8 Å². The van der Waals surface area contributed by atoms with Gasteiger partial charge < -0.3 is 30.8 Å². The molecule has 9 heteroatoms. The van der Waals surface area contributed by atoms with Crippen LogP contribution >= 0.6 is 0 Å². The Hall–Kier alpha value is -3.95. The van der Waals surface area contributed by atoms with Crippen LogP contribution in [0.15, 0.2) is 48.8 Å². The van der Waals surface area contributed by atoms with Crippen LogP contribution in [-0.4, -0.2) is 56.7 Å². The molecule has 48 heavy (non-hydrogen) atoms. The first-order valence-electron chi connectivity index (χ1n) is 17.5. The second kappa shape index (κ2) is 17.4. The standard InChI is InChI=1S/C39H53N3O6/c1-4-6-8-11-26(12-9-7-5-2)22-33(45)37(47)32(44)15-14-27-21-31(36(46)34(23-27)48-3)35-29-17-20-42-38(40)30(29)16-18-39(35,25-43)24-28-13-10-19-41-28/h10,13,16-21,23,26,35,37,41,43,46-47H,4-9,11-12,14-15,22,24-25H2,1-3H3,(H2,40,42). The normalized spacial score (nSPS) is 17.8. The fourth-order valence-corrected chi connectivity index (χ4v) is 7.17. The number of hydrogen-bond donors (Lipinski definition) is 5. The van der Waals surface area contributed by atoms with Gasteiger partial charge in [-0.2, -0.15) is 0 Å². The number of Topliss-reactive ketones (excluding diaryl/α,β-unsaturated/α-hetero) is 2. The molecule has 1 aromatic carbocycles. The Bertz CT molecular complexity index is 1520. The van der Waals surface area contributed by atoms with Crippen LogP contribution < -0.4 is 10.5 Å². The third kappa shape index (κ3) is 8.74. The summed E-state index contributed by atoms with van der Waals surface area (Å²) in [6.07, 6.45) is 14.8. The van der Waals surface area contributed by atoms with Crippen molar-refractivity contribution < 1.29 is 29.6 Å². The molecule has 0 amide bonds. The third-order valence-corrected chi connectivity index (χ3v) is 9.89. The number of aromatic amines is 1. The van der Waals surface area contributed by atoms with Crippen LogP contribution in [0.3, 0.4) is 0 Å². The first kappa shape index (κ1) is 36.9. The zero-order valence-electron chi connectivity index (χ0n) is 28.7. The average molecular weight is 660 g/mol. The van der Waals surface area contributed by atoms with Crippen LogP contribution in [-0.2, 0) is 22.4 Å². The molecule has 3 atom stereocenters. The van der Waals surface area contributed by atoms with Gasteiger partial charge in [-0.3, -0.25) is 9.59 Å². The molecule has 0 saturated heterocycles. The number of aliphatic hydroxyl groups excluding tert-OH is 2. The number of pyridine rings is 1. The van der Waals surface area contributed by atoms with Gasteiger partial charge in [-0.1, -0.05) is 83.4 Å². The summed E-state index contributed by atoms with van der Waals surface area (Å²) in [4.78, 5) is 33.8. The van der Waals surface area contributed by atoms with Gasteiger partial charge in [-0.25, -0.2) is 4.98 Å². The van der Waals surface area contributed by atoms with Crippen molar-refractivity contribution in [3.63, 3.8) is 0 Å². The minimum atomic E-state index is -1.66. The molecule has 1 aliphatic rings. The van der Waals surface area contributed by atoms with Crippen LogP contribution in [0.5, 0.6) is 11.5 Å². The number of hydrogen-bond acceptors (Lipinski definition) is 8. The number of ketones is 2. The van der Waals surface area contributed by atoms with Crippen molar-refractivity contribution in [1.29, 1.82) is 0 Å². The number of benzene rings is 1. The van der Waals surface area contributed by atoms with Crippen LogP contribution in [0.1, 0.15) is 112 Å². The molecule has 0 bridgehead atoms. The monoisotopic (exact) mass is 659 g/mol. The number of nitrogens with zero attached hydrogens (tertiary/aromatic N) is 1. The fourth-order valence-electron chi connectivity index (χ4n) is 7.17. The maximum Gasteiger partial charge on any atom is 0.170 e. The molecule has 2 heterocycles. The number of carbonyl (C=O) groups is 2. The van der Waals surface area contributed by atoms with Crippen molar-refractivity contribution in [2.24, 2.45) is 11.3 Å². The first-order valence-corrected chi connectivity index (χ1v) is 17.5. The summed E-state index contributed by atoms with van der Waals surface area (Å²) in [5.41, 5.74) is 9.04. The highest BCUT2D eigenvalue weighted by molar-refractivity contribution is 6.05. The largest absolute Gasteiger partial charge is 0.504 e. The molecule has 260 valence electrons. The van der Waals surface area contributed by atoms with Crippen LogP contribution in [0, 0.1) is 11.3 Å². The number of nitrogen functional groups attached to an aromatic ring is 1. The number of aryl methyl sites for hydroxylation is 1. The molecule has 9 nitrogen and oxygen atoms in total. The zero-order valence-corrected chi connectivity index (χ0v) is 28.7. The predicted octanol–water partition coefficient (Wildman–Crippen LogP) is 6.68. The number of nitrogens with two attached hydrogens (primary N) is 1. The van der Waals surface area contributed by atoms with Gasteiger partial charge in [0, 0.05) is 53.4 Å². The SMILES string of the molecule is CCCCCC(CCCCC)CC(=O)C(O)C(=O)CCc1cc(OC)c(O)c(C2c3ccnc(N)c3C=CC2(CO)Cc2ccc[nH]2)c1. The number of aliphatic hydroxyl groups is 2. The number of aromatic nitrogens is 2. The smallest absolute Gasteiger partial charge is 0.170 e. The van der Waals surface area contributed by atoms with Gasteiger partial charge in [-0.15, -0.1) is 0 Å². The quantitative estimate of drug-likeness (QED) is 0.0663. The number of nitrogens with one attached hydrogen (secondary N) is 1. The number of carbonyl (C=O) groups excluding carboxylic acids is 2. The molecule has 2 aromatic heterocycles. The van der Waals surface area contributed by atoms with Crippen molar-refractivity contribution in [1.82, 2.24) is 9.97 Å². The molecule has 0 aliphatic heterocycles. The highest BCUT2D eigenvalue weighted by Crippen LogP contribution is 2.53. The van der Waals surface area contributed by atoms with Gasteiger partial charge in [-0.05, 0) is 54.2 Å². The second-order valence-electron chi connectivity index (χ2n) is 13.4. The van der Waals surface area contributed by atoms with Gasteiger partial charge in [0.2, 0.25) is 0 Å². The van der Waals surface area contributed by atoms with E-state index >= 15 is 0 Å². The minimum Gasteiger partial charge on any atom is -0.504 e. The average Bonchev–Trinajstić information content (AvgIpc) is 3.60. The van der Waals surface area contributed by atoms with Gasteiger partial charge in [0.15, 0.2) is 29.2 Å². The Morgan fingerprint density at radius 3 is 2.42 bits per heavy atom. The number of fused-ring (bicyclic) bond motifs is 1. The second-order valence-corrected chi connectivity index (χ2v) is 13.4. The van der Waals surface area contributed by atoms with Crippen molar-refractivity contribution in [2.75, 3.05) is 19.5 Å². The van der Waals surface area contributed by atoms with Crippen LogP contribution in [0.25, 0.3) is 6.08 Å². The highest BCUT2D eigenvalue weighted by atomic mass is 16.5. The van der Waals surface area contributed by atoms with E-state index in [9.17, 15) is 24.9 Å². The van der Waals surface area contributed by atoms with Crippen molar-refractivity contribution in [3.05, 3.63) is 76.7 Å². The van der Waals surface area contributed by atoms with Gasteiger partial charge >= 0.3 is 0 Å². The lowest BCUT2D eigenvalue weighted by atomic mass is 9.63. The Labute approximate surface area is 284 Å². The van der Waals surface area contributed by atoms with Crippen molar-refractivity contribution in [3.8, 4) is 11.5 Å². The van der Waals surface area contributed by atoms with E-state index in [1.54, 1.807) is 12.3 Å². The Kier molecular flexibility index (Phi) is 13.4. The third-order valence-electron chi connectivity index (χ3n) is 9.89. The Morgan fingerprint density at radius 2 is 1.79 bits per heavy atom. The van der Waals surface area contributed by atoms with E-state index < -0.39 is 29.0 Å². The van der Waals surface area contributed by atoms with E-state index in [0.717, 1.165) is 62.6 Å². The van der Waals surface area contributed by atoms with E-state index in [1.165, 1.54) is 7.11 Å². The summed E-state index contributed by atoms with van der Waals surface area (Å²) in [7, 11) is 1.46. The number of phenolic OH excluding ortho intramolecular Hbond substituents is 1. The lowest BCUT2D eigenvalue weighted by Gasteiger charge is -2.41. The van der Waals surface area contributed by atoms with Crippen molar-refractivity contribution in [2.45, 2.75) is 103 Å². The lowest BCUT2D eigenvalue weighted by molar-refractivity contribution is -0.139. The summed E-state index contributed by atoms with van der Waals surface area (Å²) < 4.78 is 5.59. The number of unbranched alkanes of at least 4 members (excludes halogenated alkanes) is 4. The maximum atomic E-state index is 13.2. The lowest BCUT2D eigenvalue weighted by Crippen LogP contribution is -2.36. The predicted molar refractivity (Wildman–Crippen MR) is 189 cm³/mol. The Balaban J connectivity index is 1.59. The zero-order chi connectivity index (χ0) is 34.7. The van der Waals surface area contributed by atoms with Gasteiger partial charge in [0.25, 0.3) is 0 Å².